The molecule has 1 aromatic carbocycles. The molecule has 1 fully saturated rings. The van der Waals surface area contributed by atoms with Crippen molar-refractivity contribution in [2.24, 2.45) is 11.7 Å². The van der Waals surface area contributed by atoms with Gasteiger partial charge in [0.1, 0.15) is 4.21 Å². The van der Waals surface area contributed by atoms with Crippen LogP contribution in [0.2, 0.25) is 0 Å². The van der Waals surface area contributed by atoms with Crippen LogP contribution in [0.5, 0.6) is 0 Å². The molecule has 144 valence electrons. The van der Waals surface area contributed by atoms with Gasteiger partial charge in [0.25, 0.3) is 15.9 Å². The van der Waals surface area contributed by atoms with Crippen LogP contribution in [0.4, 0.5) is 5.69 Å². The van der Waals surface area contributed by atoms with Crippen LogP contribution in [0.1, 0.15) is 28.1 Å². The Labute approximate surface area is 162 Å². The highest BCUT2D eigenvalue weighted by Crippen LogP contribution is 2.29. The molecule has 0 aliphatic carbocycles. The lowest BCUT2D eigenvalue weighted by Gasteiger charge is -2.30. The van der Waals surface area contributed by atoms with E-state index < -0.39 is 21.8 Å². The third kappa shape index (κ3) is 4.20. The number of nitrogens with one attached hydrogen (secondary N) is 1. The lowest BCUT2D eigenvalue weighted by atomic mass is 9.98. The molecule has 0 saturated carbocycles. The molecule has 1 aliphatic rings. The van der Waals surface area contributed by atoms with Crippen molar-refractivity contribution in [2.45, 2.75) is 24.0 Å². The third-order valence-corrected chi connectivity index (χ3v) is 7.85. The Bertz CT molecular complexity index is 968. The second kappa shape index (κ2) is 7.79. The minimum Gasteiger partial charge on any atom is -0.366 e. The molecular formula is C18H21N3O4S2. The molecule has 27 heavy (non-hydrogen) atoms. The number of aryl methyl sites for hydroxylation is 1. The summed E-state index contributed by atoms with van der Waals surface area (Å²) in [6.07, 6.45) is 1.18. The summed E-state index contributed by atoms with van der Waals surface area (Å²) in [7, 11) is -3.60. The first kappa shape index (κ1) is 19.5. The number of carbonyl (C=O) groups is 2. The molecule has 1 atom stereocenters. The topological polar surface area (TPSA) is 110 Å². The van der Waals surface area contributed by atoms with Crippen LogP contribution in [0.15, 0.2) is 40.6 Å². The molecule has 1 aliphatic heterocycles. The predicted octanol–water partition coefficient (Wildman–Crippen LogP) is 2.19. The van der Waals surface area contributed by atoms with E-state index in [9.17, 15) is 18.0 Å². The highest BCUT2D eigenvalue weighted by molar-refractivity contribution is 7.91. The van der Waals surface area contributed by atoms with Gasteiger partial charge in [-0.05, 0) is 44.0 Å². The number of sulfonamides is 1. The van der Waals surface area contributed by atoms with Crippen LogP contribution in [-0.2, 0) is 14.8 Å². The van der Waals surface area contributed by atoms with E-state index in [1.165, 1.54) is 21.7 Å². The normalized spacial score (nSPS) is 18.2. The summed E-state index contributed by atoms with van der Waals surface area (Å²) in [5.74, 6) is -1.44. The van der Waals surface area contributed by atoms with Crippen molar-refractivity contribution in [2.75, 3.05) is 18.4 Å². The summed E-state index contributed by atoms with van der Waals surface area (Å²) in [5, 5.41) is 2.72. The lowest BCUT2D eigenvalue weighted by molar-refractivity contribution is -0.120. The number of nitrogens with two attached hydrogens (primary N) is 1. The van der Waals surface area contributed by atoms with Crippen LogP contribution >= 0.6 is 11.3 Å². The molecule has 0 unspecified atom stereocenters. The van der Waals surface area contributed by atoms with Gasteiger partial charge in [-0.15, -0.1) is 11.3 Å². The minimum atomic E-state index is -3.60. The van der Waals surface area contributed by atoms with Gasteiger partial charge in [0, 0.05) is 18.0 Å². The second-order valence-corrected chi connectivity index (χ2v) is 9.92. The van der Waals surface area contributed by atoms with Gasteiger partial charge in [-0.25, -0.2) is 8.42 Å². The average Bonchev–Trinajstić information content (AvgIpc) is 3.09. The first-order valence-electron chi connectivity index (χ1n) is 8.55. The van der Waals surface area contributed by atoms with E-state index in [4.69, 9.17) is 5.73 Å². The highest BCUT2D eigenvalue weighted by Gasteiger charge is 2.34. The fourth-order valence-electron chi connectivity index (χ4n) is 3.09. The van der Waals surface area contributed by atoms with Crippen LogP contribution in [0.25, 0.3) is 0 Å². The maximum Gasteiger partial charge on any atom is 0.252 e. The number of rotatable bonds is 5. The lowest BCUT2D eigenvalue weighted by Crippen LogP contribution is -2.43. The molecule has 1 saturated heterocycles. The summed E-state index contributed by atoms with van der Waals surface area (Å²) in [6, 6.07) is 9.86. The Hall–Kier alpha value is -2.23. The van der Waals surface area contributed by atoms with Crippen molar-refractivity contribution in [1.29, 1.82) is 0 Å². The molecule has 2 amide bonds. The summed E-state index contributed by atoms with van der Waals surface area (Å²) in [5.41, 5.74) is 5.90. The fraction of sp³-hybridized carbons (Fsp3) is 0.333. The Morgan fingerprint density at radius 2 is 1.96 bits per heavy atom. The zero-order chi connectivity index (χ0) is 19.6. The van der Waals surface area contributed by atoms with Gasteiger partial charge in [-0.3, -0.25) is 9.59 Å². The van der Waals surface area contributed by atoms with Crippen molar-refractivity contribution < 1.29 is 18.0 Å². The van der Waals surface area contributed by atoms with Crippen molar-refractivity contribution in [1.82, 2.24) is 4.31 Å². The first-order chi connectivity index (χ1) is 12.8. The molecule has 0 spiro atoms. The zero-order valence-corrected chi connectivity index (χ0v) is 16.5. The zero-order valence-electron chi connectivity index (χ0n) is 14.8. The number of amides is 2. The molecule has 2 aromatic rings. The maximum atomic E-state index is 12.8. The number of thiophene rings is 1. The number of primary amides is 1. The largest absolute Gasteiger partial charge is 0.366 e. The standard InChI is InChI=1S/C18H21N3O4S2/c1-12-8-9-16(26-12)27(24,25)21-10-4-5-13(11-21)18(23)20-15-7-3-2-6-14(15)17(19)22/h2-3,6-9,13H,4-5,10-11H2,1H3,(H2,19,22)(H,20,23)/t13-/m1/s1. The number of nitrogens with zero attached hydrogens (tertiary/aromatic N) is 1. The molecular weight excluding hydrogens is 386 g/mol. The number of benzene rings is 1. The van der Waals surface area contributed by atoms with Crippen molar-refractivity contribution in [3.63, 3.8) is 0 Å². The summed E-state index contributed by atoms with van der Waals surface area (Å²) >= 11 is 1.22. The third-order valence-electron chi connectivity index (χ3n) is 4.52. The van der Waals surface area contributed by atoms with E-state index in [1.807, 2.05) is 6.92 Å². The molecule has 9 heteroatoms. The molecule has 3 N–H and O–H groups in total. The summed E-state index contributed by atoms with van der Waals surface area (Å²) in [4.78, 5) is 25.1. The molecule has 0 bridgehead atoms. The van der Waals surface area contributed by atoms with Crippen LogP contribution in [0.3, 0.4) is 0 Å². The van der Waals surface area contributed by atoms with E-state index >= 15 is 0 Å². The van der Waals surface area contributed by atoms with Gasteiger partial charge in [-0.1, -0.05) is 12.1 Å². The van der Waals surface area contributed by atoms with Gasteiger partial charge in [0.15, 0.2) is 0 Å². The number of anilines is 1. The van der Waals surface area contributed by atoms with Crippen LogP contribution in [-0.4, -0.2) is 37.6 Å². The number of carbonyl (C=O) groups excluding carboxylic acids is 2. The van der Waals surface area contributed by atoms with Gasteiger partial charge in [0.05, 0.1) is 17.2 Å². The van der Waals surface area contributed by atoms with Crippen molar-refractivity contribution >= 4 is 38.9 Å². The predicted molar refractivity (Wildman–Crippen MR) is 104 cm³/mol. The van der Waals surface area contributed by atoms with E-state index in [1.54, 1.807) is 30.3 Å². The van der Waals surface area contributed by atoms with Gasteiger partial charge in [-0.2, -0.15) is 4.31 Å². The molecule has 2 heterocycles. The van der Waals surface area contributed by atoms with E-state index in [0.29, 0.717) is 29.3 Å². The van der Waals surface area contributed by atoms with Crippen molar-refractivity contribution in [3.05, 3.63) is 46.8 Å². The van der Waals surface area contributed by atoms with Crippen LogP contribution in [0, 0.1) is 12.8 Å². The molecule has 7 nitrogen and oxygen atoms in total. The monoisotopic (exact) mass is 407 g/mol. The first-order valence-corrected chi connectivity index (χ1v) is 10.8. The Balaban J connectivity index is 1.75. The molecule has 1 aromatic heterocycles. The number of para-hydroxylation sites is 1. The Morgan fingerprint density at radius 3 is 2.63 bits per heavy atom. The number of hydrogen-bond acceptors (Lipinski definition) is 5. The SMILES string of the molecule is Cc1ccc(S(=O)(=O)N2CCC[C@@H](C(=O)Nc3ccccc3C(N)=O)C2)s1. The van der Waals surface area contributed by atoms with Gasteiger partial charge >= 0.3 is 0 Å². The molecule has 3 rings (SSSR count). The smallest absolute Gasteiger partial charge is 0.252 e. The second-order valence-electron chi connectivity index (χ2n) is 6.47. The van der Waals surface area contributed by atoms with Crippen LogP contribution < -0.4 is 11.1 Å². The number of hydrogen-bond donors (Lipinski definition) is 2. The van der Waals surface area contributed by atoms with E-state index in [2.05, 4.69) is 5.32 Å². The maximum absolute atomic E-state index is 12.8. The Morgan fingerprint density at radius 1 is 1.22 bits per heavy atom. The highest BCUT2D eigenvalue weighted by atomic mass is 32.2. The molecule has 0 radical (unpaired) electrons. The van der Waals surface area contributed by atoms with Gasteiger partial charge in [0.2, 0.25) is 5.91 Å². The van der Waals surface area contributed by atoms with Crippen molar-refractivity contribution in [3.8, 4) is 0 Å². The van der Waals surface area contributed by atoms with Gasteiger partial charge < -0.3 is 11.1 Å². The van der Waals surface area contributed by atoms with E-state index in [0.717, 1.165) is 4.88 Å². The van der Waals surface area contributed by atoms with E-state index in [-0.39, 0.29) is 18.0 Å². The number of piperidine rings is 1. The fourth-order valence-corrected chi connectivity index (χ4v) is 6.06. The summed E-state index contributed by atoms with van der Waals surface area (Å²) < 4.78 is 27.3. The minimum absolute atomic E-state index is 0.115. The Kier molecular flexibility index (Phi) is 5.64. The average molecular weight is 408 g/mol. The summed E-state index contributed by atoms with van der Waals surface area (Å²) in [6.45, 7) is 2.36. The quantitative estimate of drug-likeness (QED) is 0.792.